The fourth-order valence-corrected chi connectivity index (χ4v) is 5.62. The molecule has 0 bridgehead atoms. The number of anilines is 1. The highest BCUT2D eigenvalue weighted by molar-refractivity contribution is 7.22. The number of hydrogen-bond donors (Lipinski definition) is 1. The van der Waals surface area contributed by atoms with E-state index in [-0.39, 0.29) is 11.3 Å². The molecule has 38 heavy (non-hydrogen) atoms. The molecule has 1 unspecified atom stereocenters. The van der Waals surface area contributed by atoms with Crippen molar-refractivity contribution in [3.8, 4) is 23.0 Å². The van der Waals surface area contributed by atoms with Crippen LogP contribution in [0.25, 0.3) is 16.0 Å². The van der Waals surface area contributed by atoms with Gasteiger partial charge in [0.2, 0.25) is 0 Å². The average molecular weight is 531 g/mol. The van der Waals surface area contributed by atoms with Crippen molar-refractivity contribution in [2.24, 2.45) is 0 Å². The Morgan fingerprint density at radius 3 is 2.39 bits per heavy atom. The van der Waals surface area contributed by atoms with Crippen LogP contribution in [0.4, 0.5) is 5.13 Å². The van der Waals surface area contributed by atoms with Crippen LogP contribution in [0, 0.1) is 0 Å². The number of methoxy groups -OCH3 is 2. The molecule has 1 fully saturated rings. The van der Waals surface area contributed by atoms with E-state index in [1.54, 1.807) is 68.8 Å². The van der Waals surface area contributed by atoms with Gasteiger partial charge in [-0.15, -0.1) is 0 Å². The molecule has 1 saturated heterocycles. The Balaban J connectivity index is 1.52. The Kier molecular flexibility index (Phi) is 5.88. The maximum absolute atomic E-state index is 13.5. The molecule has 4 aromatic rings. The zero-order valence-electron chi connectivity index (χ0n) is 20.5. The van der Waals surface area contributed by atoms with Crippen LogP contribution in [0.2, 0.25) is 0 Å². The molecule has 3 aromatic carbocycles. The number of aliphatic hydroxyl groups is 1. The van der Waals surface area contributed by atoms with Crippen molar-refractivity contribution in [1.29, 1.82) is 0 Å². The lowest BCUT2D eigenvalue weighted by Crippen LogP contribution is -2.29. The van der Waals surface area contributed by atoms with Gasteiger partial charge in [0.25, 0.3) is 5.78 Å². The molecule has 9 nitrogen and oxygen atoms in total. The van der Waals surface area contributed by atoms with E-state index in [0.717, 1.165) is 4.70 Å². The van der Waals surface area contributed by atoms with Crippen LogP contribution in [0.1, 0.15) is 17.2 Å². The van der Waals surface area contributed by atoms with E-state index >= 15 is 0 Å². The largest absolute Gasteiger partial charge is 0.507 e. The summed E-state index contributed by atoms with van der Waals surface area (Å²) in [7, 11) is 3.13. The maximum atomic E-state index is 13.5. The predicted molar refractivity (Wildman–Crippen MR) is 141 cm³/mol. The highest BCUT2D eigenvalue weighted by Gasteiger charge is 2.48. The first-order chi connectivity index (χ1) is 18.5. The Morgan fingerprint density at radius 2 is 1.66 bits per heavy atom. The van der Waals surface area contributed by atoms with Gasteiger partial charge in [0.1, 0.15) is 30.5 Å². The van der Waals surface area contributed by atoms with E-state index < -0.39 is 17.7 Å². The number of ether oxygens (including phenoxy) is 4. The number of rotatable bonds is 5. The minimum atomic E-state index is -0.920. The van der Waals surface area contributed by atoms with E-state index in [0.29, 0.717) is 58.0 Å². The molecule has 1 atom stereocenters. The molecule has 0 radical (unpaired) electrons. The van der Waals surface area contributed by atoms with E-state index in [4.69, 9.17) is 18.9 Å². The van der Waals surface area contributed by atoms with Crippen molar-refractivity contribution in [2.45, 2.75) is 6.04 Å². The fourth-order valence-electron chi connectivity index (χ4n) is 4.60. The Morgan fingerprint density at radius 1 is 0.947 bits per heavy atom. The Labute approximate surface area is 221 Å². The van der Waals surface area contributed by atoms with Gasteiger partial charge in [0.05, 0.1) is 36.1 Å². The van der Waals surface area contributed by atoms with Crippen molar-refractivity contribution in [2.75, 3.05) is 32.3 Å². The van der Waals surface area contributed by atoms with E-state index in [2.05, 4.69) is 4.98 Å². The van der Waals surface area contributed by atoms with Crippen LogP contribution in [0.3, 0.4) is 0 Å². The van der Waals surface area contributed by atoms with Crippen LogP contribution in [-0.2, 0) is 9.59 Å². The van der Waals surface area contributed by atoms with E-state index in [1.165, 1.54) is 16.2 Å². The van der Waals surface area contributed by atoms with Gasteiger partial charge in [-0.3, -0.25) is 14.5 Å². The third kappa shape index (κ3) is 3.90. The zero-order chi connectivity index (χ0) is 26.4. The molecule has 2 aliphatic rings. The minimum absolute atomic E-state index is 0.0475. The van der Waals surface area contributed by atoms with Crippen molar-refractivity contribution in [1.82, 2.24) is 4.98 Å². The van der Waals surface area contributed by atoms with Crippen LogP contribution in [0.15, 0.2) is 66.2 Å². The first kappa shape index (κ1) is 23.8. The van der Waals surface area contributed by atoms with Crippen LogP contribution in [0.5, 0.6) is 23.0 Å². The zero-order valence-corrected chi connectivity index (χ0v) is 21.3. The third-order valence-electron chi connectivity index (χ3n) is 6.48. The van der Waals surface area contributed by atoms with Crippen molar-refractivity contribution < 1.29 is 33.6 Å². The average Bonchev–Trinajstić information content (AvgIpc) is 3.49. The normalized spacial score (nSPS) is 18.2. The lowest BCUT2D eigenvalue weighted by Gasteiger charge is -2.23. The number of nitrogens with zero attached hydrogens (tertiary/aromatic N) is 2. The number of ketones is 1. The summed E-state index contributed by atoms with van der Waals surface area (Å²) in [5.74, 6) is 0.364. The van der Waals surface area contributed by atoms with Gasteiger partial charge in [-0.25, -0.2) is 4.98 Å². The summed E-state index contributed by atoms with van der Waals surface area (Å²) in [6.45, 7) is 0.796. The number of aromatic nitrogens is 1. The van der Waals surface area contributed by atoms with Crippen molar-refractivity contribution >= 4 is 44.1 Å². The molecule has 0 aliphatic carbocycles. The van der Waals surface area contributed by atoms with Gasteiger partial charge in [0.15, 0.2) is 16.6 Å². The number of benzene rings is 3. The van der Waals surface area contributed by atoms with Gasteiger partial charge in [-0.2, -0.15) is 0 Å². The third-order valence-corrected chi connectivity index (χ3v) is 7.50. The molecule has 1 N–H and O–H groups in total. The molecule has 1 amide bonds. The minimum Gasteiger partial charge on any atom is -0.507 e. The lowest BCUT2D eigenvalue weighted by atomic mass is 9.95. The summed E-state index contributed by atoms with van der Waals surface area (Å²) in [5, 5.41) is 11.8. The molecule has 6 rings (SSSR count). The number of fused-ring (bicyclic) bond motifs is 2. The molecule has 3 heterocycles. The van der Waals surface area contributed by atoms with Crippen LogP contribution >= 0.6 is 11.3 Å². The number of carbonyl (C=O) groups is 2. The van der Waals surface area contributed by atoms with Crippen molar-refractivity contribution in [3.63, 3.8) is 0 Å². The van der Waals surface area contributed by atoms with Crippen LogP contribution < -0.4 is 23.8 Å². The summed E-state index contributed by atoms with van der Waals surface area (Å²) >= 11 is 1.26. The van der Waals surface area contributed by atoms with Crippen LogP contribution in [-0.4, -0.2) is 49.2 Å². The number of amides is 1. The highest BCUT2D eigenvalue weighted by Crippen LogP contribution is 2.45. The van der Waals surface area contributed by atoms with Gasteiger partial charge in [-0.05, 0) is 54.1 Å². The molecule has 1 aromatic heterocycles. The van der Waals surface area contributed by atoms with Gasteiger partial charge in [0, 0.05) is 5.56 Å². The predicted octanol–water partition coefficient (Wildman–Crippen LogP) is 4.71. The molecular weight excluding hydrogens is 508 g/mol. The second-order valence-electron chi connectivity index (χ2n) is 8.63. The number of Topliss-reactive ketones (excluding diaryl/α,β-unsaturated/α-hetero) is 1. The molecule has 2 aliphatic heterocycles. The van der Waals surface area contributed by atoms with E-state index in [9.17, 15) is 14.7 Å². The van der Waals surface area contributed by atoms with Gasteiger partial charge in [-0.1, -0.05) is 23.5 Å². The molecule has 10 heteroatoms. The quantitative estimate of drug-likeness (QED) is 0.225. The summed E-state index contributed by atoms with van der Waals surface area (Å²) in [6.07, 6.45) is 0. The fraction of sp³-hybridized carbons (Fsp3) is 0.179. The van der Waals surface area contributed by atoms with Gasteiger partial charge >= 0.3 is 5.91 Å². The monoisotopic (exact) mass is 530 g/mol. The van der Waals surface area contributed by atoms with Gasteiger partial charge < -0.3 is 24.1 Å². The topological polar surface area (TPSA) is 107 Å². The first-order valence-corrected chi connectivity index (χ1v) is 12.6. The maximum Gasteiger partial charge on any atom is 0.301 e. The second-order valence-corrected chi connectivity index (χ2v) is 9.64. The number of carbonyl (C=O) groups excluding carboxylic acids is 2. The number of aliphatic hydroxyl groups excluding tert-OH is 1. The summed E-state index contributed by atoms with van der Waals surface area (Å²) in [4.78, 5) is 33.0. The standard InChI is InChI=1S/C28H22N2O7S/c1-34-17-6-3-15(4-7-17)24-23(25(31)16-5-10-20-21(13-16)37-12-11-36-20)26(32)27(33)30(24)28-29-19-9-8-18(35-2)14-22(19)38-28/h3-10,13-14,24,31H,11-12H2,1-2H3. The smallest absolute Gasteiger partial charge is 0.301 e. The Hall–Kier alpha value is -4.57. The summed E-state index contributed by atoms with van der Waals surface area (Å²) in [6, 6.07) is 16.4. The molecule has 192 valence electrons. The van der Waals surface area contributed by atoms with E-state index in [1.807, 2.05) is 6.07 Å². The molecular formula is C28H22N2O7S. The van der Waals surface area contributed by atoms with Crippen molar-refractivity contribution in [3.05, 3.63) is 77.4 Å². The first-order valence-electron chi connectivity index (χ1n) is 11.8. The SMILES string of the molecule is COc1ccc(C2C(=C(O)c3ccc4c(c3)OCCO4)C(=O)C(=O)N2c2nc3ccc(OC)cc3s2)cc1. The molecule has 0 spiro atoms. The molecule has 0 saturated carbocycles. The summed E-state index contributed by atoms with van der Waals surface area (Å²) in [5.41, 5.74) is 1.56. The Bertz CT molecular complexity index is 1610. The highest BCUT2D eigenvalue weighted by atomic mass is 32.1. The second kappa shape index (κ2) is 9.38. The number of hydrogen-bond acceptors (Lipinski definition) is 9. The summed E-state index contributed by atoms with van der Waals surface area (Å²) < 4.78 is 22.6. The number of thiazole rings is 1. The lowest BCUT2D eigenvalue weighted by molar-refractivity contribution is -0.132.